The van der Waals surface area contributed by atoms with Gasteiger partial charge in [-0.15, -0.1) is 0 Å². The van der Waals surface area contributed by atoms with Crippen LogP contribution in [0.5, 0.6) is 0 Å². The largest absolute Gasteiger partial charge is 0.456 e. The van der Waals surface area contributed by atoms with E-state index in [0.29, 0.717) is 17.0 Å². The summed E-state index contributed by atoms with van der Waals surface area (Å²) in [6.45, 7) is 3.50. The number of nitrogens with zero attached hydrogens (tertiary/aromatic N) is 2. The fourth-order valence-corrected chi connectivity index (χ4v) is 4.19. The molecule has 0 saturated carbocycles. The Morgan fingerprint density at radius 3 is 2.43 bits per heavy atom. The number of para-hydroxylation sites is 1. The van der Waals surface area contributed by atoms with Gasteiger partial charge in [-0.3, -0.25) is 0 Å². The van der Waals surface area contributed by atoms with E-state index in [1.807, 2.05) is 24.3 Å². The third-order valence-corrected chi connectivity index (χ3v) is 5.52. The van der Waals surface area contributed by atoms with Crippen LogP contribution in [0.15, 0.2) is 57.8 Å². The summed E-state index contributed by atoms with van der Waals surface area (Å²) in [7, 11) is -3.72. The zero-order valence-corrected chi connectivity index (χ0v) is 13.5. The van der Waals surface area contributed by atoms with E-state index in [1.165, 1.54) is 0 Å². The van der Waals surface area contributed by atoms with Gasteiger partial charge in [0.15, 0.2) is 0 Å². The van der Waals surface area contributed by atoms with Crippen molar-refractivity contribution in [2.75, 3.05) is 0 Å². The van der Waals surface area contributed by atoms with E-state index in [2.05, 4.69) is 5.10 Å². The second-order valence-electron chi connectivity index (χ2n) is 5.53. The molecule has 0 amide bonds. The Morgan fingerprint density at radius 1 is 0.957 bits per heavy atom. The van der Waals surface area contributed by atoms with Crippen molar-refractivity contribution in [1.82, 2.24) is 9.19 Å². The van der Waals surface area contributed by atoms with Crippen LogP contribution >= 0.6 is 0 Å². The molecule has 0 aliphatic rings. The molecule has 0 atom stereocenters. The van der Waals surface area contributed by atoms with Crippen molar-refractivity contribution in [2.24, 2.45) is 0 Å². The Balaban J connectivity index is 1.98. The summed E-state index contributed by atoms with van der Waals surface area (Å²) in [6.07, 6.45) is 0. The van der Waals surface area contributed by atoms with E-state index < -0.39 is 10.0 Å². The standard InChI is InChI=1S/C17H14N2O3S/c1-11-9-12(2)19(18-11)23(20,21)13-7-8-17-15(10-13)14-5-3-4-6-16(14)22-17/h3-10H,1-2H3. The third kappa shape index (κ3) is 2.06. The molecule has 2 aromatic carbocycles. The van der Waals surface area contributed by atoms with Crippen LogP contribution in [0.4, 0.5) is 0 Å². The molecule has 5 nitrogen and oxygen atoms in total. The van der Waals surface area contributed by atoms with Gasteiger partial charge in [-0.2, -0.15) is 17.6 Å². The Bertz CT molecular complexity index is 1150. The molecule has 0 aliphatic heterocycles. The summed E-state index contributed by atoms with van der Waals surface area (Å²) in [6, 6.07) is 14.2. The number of fused-ring (bicyclic) bond motifs is 3. The van der Waals surface area contributed by atoms with Crippen molar-refractivity contribution >= 4 is 32.0 Å². The van der Waals surface area contributed by atoms with E-state index in [9.17, 15) is 8.42 Å². The molecule has 0 fully saturated rings. The van der Waals surface area contributed by atoms with E-state index >= 15 is 0 Å². The molecule has 0 radical (unpaired) electrons. The number of hydrogen-bond acceptors (Lipinski definition) is 4. The van der Waals surface area contributed by atoms with Gasteiger partial charge in [0, 0.05) is 10.8 Å². The lowest BCUT2D eigenvalue weighted by Crippen LogP contribution is -2.16. The van der Waals surface area contributed by atoms with Gasteiger partial charge in [-0.05, 0) is 44.2 Å². The maximum absolute atomic E-state index is 12.8. The predicted molar refractivity (Wildman–Crippen MR) is 88.0 cm³/mol. The summed E-state index contributed by atoms with van der Waals surface area (Å²) < 4.78 is 32.5. The molecule has 4 rings (SSSR count). The van der Waals surface area contributed by atoms with Crippen LogP contribution in [-0.2, 0) is 10.0 Å². The lowest BCUT2D eigenvalue weighted by molar-refractivity contribution is 0.578. The summed E-state index contributed by atoms with van der Waals surface area (Å²) in [5.74, 6) is 0. The smallest absolute Gasteiger partial charge is 0.283 e. The quantitative estimate of drug-likeness (QED) is 0.564. The molecule has 2 heterocycles. The molecule has 0 bridgehead atoms. The van der Waals surface area contributed by atoms with Crippen LogP contribution in [0.1, 0.15) is 11.4 Å². The number of rotatable bonds is 2. The zero-order valence-electron chi connectivity index (χ0n) is 12.6. The molecule has 0 spiro atoms. The van der Waals surface area contributed by atoms with Crippen molar-refractivity contribution in [2.45, 2.75) is 18.7 Å². The van der Waals surface area contributed by atoms with Gasteiger partial charge >= 0.3 is 0 Å². The topological polar surface area (TPSA) is 65.1 Å². The molecule has 4 aromatic rings. The number of aryl methyl sites for hydroxylation is 2. The molecule has 116 valence electrons. The molecular weight excluding hydrogens is 312 g/mol. The molecule has 0 unspecified atom stereocenters. The minimum absolute atomic E-state index is 0.197. The lowest BCUT2D eigenvalue weighted by Gasteiger charge is -2.06. The van der Waals surface area contributed by atoms with Crippen molar-refractivity contribution in [3.63, 3.8) is 0 Å². The Morgan fingerprint density at radius 2 is 1.70 bits per heavy atom. The highest BCUT2D eigenvalue weighted by Crippen LogP contribution is 2.30. The van der Waals surface area contributed by atoms with Gasteiger partial charge in [0.25, 0.3) is 10.0 Å². The first kappa shape index (κ1) is 14.0. The normalized spacial score (nSPS) is 12.3. The molecule has 0 saturated heterocycles. The molecule has 23 heavy (non-hydrogen) atoms. The predicted octanol–water partition coefficient (Wildman–Crippen LogP) is 3.64. The minimum atomic E-state index is -3.72. The highest BCUT2D eigenvalue weighted by atomic mass is 32.2. The number of hydrogen-bond donors (Lipinski definition) is 0. The maximum atomic E-state index is 12.8. The lowest BCUT2D eigenvalue weighted by atomic mass is 10.1. The fourth-order valence-electron chi connectivity index (χ4n) is 2.82. The van der Waals surface area contributed by atoms with Gasteiger partial charge in [-0.25, -0.2) is 0 Å². The van der Waals surface area contributed by atoms with Gasteiger partial charge in [-0.1, -0.05) is 18.2 Å². The van der Waals surface area contributed by atoms with E-state index in [1.54, 1.807) is 38.1 Å². The molecule has 0 aliphatic carbocycles. The fraction of sp³-hybridized carbons (Fsp3) is 0.118. The van der Waals surface area contributed by atoms with E-state index in [0.717, 1.165) is 20.4 Å². The molecule has 0 N–H and O–H groups in total. The first-order valence-electron chi connectivity index (χ1n) is 7.17. The Labute approximate surface area is 133 Å². The molecule has 6 heteroatoms. The van der Waals surface area contributed by atoms with Crippen LogP contribution in [0.2, 0.25) is 0 Å². The van der Waals surface area contributed by atoms with Crippen molar-refractivity contribution in [3.05, 3.63) is 59.9 Å². The Hall–Kier alpha value is -2.60. The van der Waals surface area contributed by atoms with Gasteiger partial charge in [0.1, 0.15) is 11.2 Å². The summed E-state index contributed by atoms with van der Waals surface area (Å²) in [4.78, 5) is 0.197. The van der Waals surface area contributed by atoms with Crippen LogP contribution in [0, 0.1) is 13.8 Å². The first-order valence-corrected chi connectivity index (χ1v) is 8.61. The van der Waals surface area contributed by atoms with Crippen molar-refractivity contribution in [3.8, 4) is 0 Å². The third-order valence-electron chi connectivity index (χ3n) is 3.84. The first-order chi connectivity index (χ1) is 11.0. The molecular formula is C17H14N2O3S. The van der Waals surface area contributed by atoms with Gasteiger partial charge < -0.3 is 4.42 Å². The Kier molecular flexibility index (Phi) is 2.86. The molecule has 2 aromatic heterocycles. The van der Waals surface area contributed by atoms with Gasteiger partial charge in [0.2, 0.25) is 0 Å². The van der Waals surface area contributed by atoms with Gasteiger partial charge in [0.05, 0.1) is 16.3 Å². The number of benzene rings is 2. The second kappa shape index (κ2) is 4.70. The average molecular weight is 326 g/mol. The van der Waals surface area contributed by atoms with Crippen LogP contribution in [-0.4, -0.2) is 17.6 Å². The monoisotopic (exact) mass is 326 g/mol. The van der Waals surface area contributed by atoms with Crippen molar-refractivity contribution < 1.29 is 12.8 Å². The van der Waals surface area contributed by atoms with Crippen LogP contribution < -0.4 is 0 Å². The van der Waals surface area contributed by atoms with Crippen LogP contribution in [0.25, 0.3) is 21.9 Å². The van der Waals surface area contributed by atoms with Crippen LogP contribution in [0.3, 0.4) is 0 Å². The summed E-state index contributed by atoms with van der Waals surface area (Å²) >= 11 is 0. The highest BCUT2D eigenvalue weighted by molar-refractivity contribution is 7.89. The zero-order chi connectivity index (χ0) is 16.2. The summed E-state index contributed by atoms with van der Waals surface area (Å²) in [5.41, 5.74) is 2.65. The number of aromatic nitrogens is 2. The average Bonchev–Trinajstić information content (AvgIpc) is 3.06. The second-order valence-corrected chi connectivity index (χ2v) is 7.30. The maximum Gasteiger partial charge on any atom is 0.283 e. The highest BCUT2D eigenvalue weighted by Gasteiger charge is 2.21. The summed E-state index contributed by atoms with van der Waals surface area (Å²) in [5, 5.41) is 5.77. The SMILES string of the molecule is Cc1cc(C)n(S(=O)(=O)c2ccc3oc4ccccc4c3c2)n1. The minimum Gasteiger partial charge on any atom is -0.456 e. The van der Waals surface area contributed by atoms with Crippen molar-refractivity contribution in [1.29, 1.82) is 0 Å². The van der Waals surface area contributed by atoms with E-state index in [-0.39, 0.29) is 4.90 Å². The van der Waals surface area contributed by atoms with E-state index in [4.69, 9.17) is 4.42 Å². The number of furan rings is 1.